The third-order valence-corrected chi connectivity index (χ3v) is 2.63. The molecule has 0 aromatic carbocycles. The molecule has 8 nitrogen and oxygen atoms in total. The molecule has 1 N–H and O–H groups in total. The predicted molar refractivity (Wildman–Crippen MR) is 66.1 cm³/mol. The summed E-state index contributed by atoms with van der Waals surface area (Å²) in [6.45, 7) is 0. The van der Waals surface area contributed by atoms with Gasteiger partial charge in [0.25, 0.3) is 0 Å². The van der Waals surface area contributed by atoms with Crippen LogP contribution in [0.2, 0.25) is 0 Å². The van der Waals surface area contributed by atoms with Crippen molar-refractivity contribution in [3.8, 4) is 5.82 Å². The average molecular weight is 257 g/mol. The van der Waals surface area contributed by atoms with Gasteiger partial charge in [0.15, 0.2) is 5.82 Å². The zero-order valence-corrected chi connectivity index (χ0v) is 9.48. The fourth-order valence-corrected chi connectivity index (χ4v) is 1.77. The van der Waals surface area contributed by atoms with Crippen molar-refractivity contribution in [3.63, 3.8) is 0 Å². The number of nitro groups is 1. The van der Waals surface area contributed by atoms with Crippen LogP contribution in [0, 0.1) is 10.1 Å². The highest BCUT2D eigenvalue weighted by molar-refractivity contribution is 5.84. The van der Waals surface area contributed by atoms with Crippen molar-refractivity contribution < 1.29 is 4.92 Å². The monoisotopic (exact) mass is 257 g/mol. The summed E-state index contributed by atoms with van der Waals surface area (Å²) in [7, 11) is 0. The van der Waals surface area contributed by atoms with Gasteiger partial charge in [0, 0.05) is 17.6 Å². The van der Waals surface area contributed by atoms with Crippen LogP contribution in [0.5, 0.6) is 0 Å². The molecule has 0 saturated carbocycles. The average Bonchev–Trinajstić information content (AvgIpc) is 2.87. The Morgan fingerprint density at radius 2 is 2.16 bits per heavy atom. The van der Waals surface area contributed by atoms with Crippen LogP contribution in [-0.4, -0.2) is 24.7 Å². The quantitative estimate of drug-likeness (QED) is 0.544. The second-order valence-corrected chi connectivity index (χ2v) is 3.82. The zero-order chi connectivity index (χ0) is 13.4. The van der Waals surface area contributed by atoms with Crippen LogP contribution in [-0.2, 0) is 0 Å². The Morgan fingerprint density at radius 3 is 2.89 bits per heavy atom. The Bertz CT molecular complexity index is 835. The number of nitrogens with one attached hydrogen (secondary N) is 1. The van der Waals surface area contributed by atoms with E-state index in [9.17, 15) is 14.9 Å². The summed E-state index contributed by atoms with van der Waals surface area (Å²) in [4.78, 5) is 28.1. The molecular formula is C11H7N5O3. The molecule has 0 spiro atoms. The molecule has 0 aliphatic carbocycles. The Labute approximate surface area is 105 Å². The highest BCUT2D eigenvalue weighted by Gasteiger charge is 2.12. The summed E-state index contributed by atoms with van der Waals surface area (Å²) >= 11 is 0. The Hall–Kier alpha value is -3.03. The van der Waals surface area contributed by atoms with E-state index in [2.05, 4.69) is 15.1 Å². The van der Waals surface area contributed by atoms with Crippen molar-refractivity contribution in [1.82, 2.24) is 19.7 Å². The van der Waals surface area contributed by atoms with Gasteiger partial charge in [-0.15, -0.1) is 0 Å². The van der Waals surface area contributed by atoms with Crippen molar-refractivity contribution in [2.75, 3.05) is 0 Å². The summed E-state index contributed by atoms with van der Waals surface area (Å²) in [5, 5.41) is 15.2. The number of H-pyrrole nitrogens is 1. The topological polar surface area (TPSA) is 107 Å². The smallest absolute Gasteiger partial charge is 0.307 e. The Morgan fingerprint density at radius 1 is 1.32 bits per heavy atom. The highest BCUT2D eigenvalue weighted by Crippen LogP contribution is 2.18. The molecule has 0 atom stereocenters. The van der Waals surface area contributed by atoms with Crippen molar-refractivity contribution in [2.24, 2.45) is 0 Å². The first-order valence-electron chi connectivity index (χ1n) is 5.32. The van der Waals surface area contributed by atoms with Gasteiger partial charge in [0.2, 0.25) is 5.56 Å². The van der Waals surface area contributed by atoms with Crippen LogP contribution in [0.4, 0.5) is 5.69 Å². The molecule has 0 bridgehead atoms. The minimum absolute atomic E-state index is 0.122. The minimum atomic E-state index is -0.531. The van der Waals surface area contributed by atoms with Crippen LogP contribution >= 0.6 is 0 Å². The lowest BCUT2D eigenvalue weighted by Gasteiger charge is -2.03. The Balaban J connectivity index is 2.24. The SMILES string of the molecule is O=c1ccc2c(-n3cc([N+](=O)[O-])cn3)nccc2[nH]1. The maximum Gasteiger partial charge on any atom is 0.307 e. The molecule has 3 aromatic heterocycles. The van der Waals surface area contributed by atoms with E-state index in [4.69, 9.17) is 0 Å². The molecule has 19 heavy (non-hydrogen) atoms. The van der Waals surface area contributed by atoms with E-state index in [1.54, 1.807) is 12.1 Å². The van der Waals surface area contributed by atoms with E-state index in [1.165, 1.54) is 23.1 Å². The van der Waals surface area contributed by atoms with Crippen molar-refractivity contribution in [3.05, 3.63) is 57.3 Å². The second-order valence-electron chi connectivity index (χ2n) is 3.82. The van der Waals surface area contributed by atoms with Crippen molar-refractivity contribution in [1.29, 1.82) is 0 Å². The summed E-state index contributed by atoms with van der Waals surface area (Å²) in [6, 6.07) is 4.62. The lowest BCUT2D eigenvalue weighted by atomic mass is 10.2. The molecular weight excluding hydrogens is 250 g/mol. The molecule has 3 heterocycles. The van der Waals surface area contributed by atoms with Gasteiger partial charge >= 0.3 is 5.69 Å². The summed E-state index contributed by atoms with van der Waals surface area (Å²) in [5.41, 5.74) is 0.245. The van der Waals surface area contributed by atoms with E-state index < -0.39 is 4.92 Å². The summed E-state index contributed by atoms with van der Waals surface area (Å²) in [6.07, 6.45) is 3.92. The first kappa shape index (κ1) is 11.1. The number of hydrogen-bond donors (Lipinski definition) is 1. The number of rotatable bonds is 2. The lowest BCUT2D eigenvalue weighted by molar-refractivity contribution is -0.384. The maximum atomic E-state index is 11.2. The van der Waals surface area contributed by atoms with Crippen LogP contribution in [0.15, 0.2) is 41.6 Å². The molecule has 0 amide bonds. The fraction of sp³-hybridized carbons (Fsp3) is 0. The van der Waals surface area contributed by atoms with Gasteiger partial charge in [-0.25, -0.2) is 9.67 Å². The second kappa shape index (κ2) is 4.02. The van der Waals surface area contributed by atoms with Crippen LogP contribution in [0.1, 0.15) is 0 Å². The molecule has 3 aromatic rings. The minimum Gasteiger partial charge on any atom is -0.322 e. The summed E-state index contributed by atoms with van der Waals surface area (Å²) in [5.74, 6) is 0.418. The molecule has 3 rings (SSSR count). The van der Waals surface area contributed by atoms with Crippen LogP contribution < -0.4 is 5.56 Å². The number of aromatic amines is 1. The van der Waals surface area contributed by atoms with E-state index in [-0.39, 0.29) is 11.2 Å². The van der Waals surface area contributed by atoms with Gasteiger partial charge in [0.1, 0.15) is 12.4 Å². The molecule has 0 fully saturated rings. The molecule has 94 valence electrons. The molecule has 0 aliphatic rings. The molecule has 0 unspecified atom stereocenters. The van der Waals surface area contributed by atoms with E-state index in [1.807, 2.05) is 0 Å². The van der Waals surface area contributed by atoms with Crippen molar-refractivity contribution >= 4 is 16.6 Å². The largest absolute Gasteiger partial charge is 0.322 e. The third kappa shape index (κ3) is 1.84. The number of aromatic nitrogens is 4. The van der Waals surface area contributed by atoms with Gasteiger partial charge in [-0.2, -0.15) is 5.10 Å². The number of fused-ring (bicyclic) bond motifs is 1. The molecule has 0 aliphatic heterocycles. The van der Waals surface area contributed by atoms with Crippen LogP contribution in [0.3, 0.4) is 0 Å². The first-order chi connectivity index (χ1) is 9.15. The van der Waals surface area contributed by atoms with Gasteiger partial charge < -0.3 is 4.98 Å². The van der Waals surface area contributed by atoms with Crippen LogP contribution in [0.25, 0.3) is 16.7 Å². The molecule has 8 heteroatoms. The zero-order valence-electron chi connectivity index (χ0n) is 9.48. The molecule has 0 radical (unpaired) electrons. The lowest BCUT2D eigenvalue weighted by Crippen LogP contribution is -2.05. The normalized spacial score (nSPS) is 10.7. The van der Waals surface area contributed by atoms with E-state index >= 15 is 0 Å². The number of nitrogens with zero attached hydrogens (tertiary/aromatic N) is 4. The van der Waals surface area contributed by atoms with Gasteiger partial charge in [-0.3, -0.25) is 14.9 Å². The van der Waals surface area contributed by atoms with Crippen molar-refractivity contribution in [2.45, 2.75) is 0 Å². The predicted octanol–water partition coefficient (Wildman–Crippen LogP) is 1.02. The number of pyridine rings is 2. The van der Waals surface area contributed by atoms with E-state index in [0.717, 1.165) is 6.20 Å². The molecule has 0 saturated heterocycles. The maximum absolute atomic E-state index is 11.2. The van der Waals surface area contributed by atoms with E-state index in [0.29, 0.717) is 16.7 Å². The van der Waals surface area contributed by atoms with Gasteiger partial charge in [-0.1, -0.05) is 0 Å². The van der Waals surface area contributed by atoms with Gasteiger partial charge in [0.05, 0.1) is 10.4 Å². The first-order valence-corrected chi connectivity index (χ1v) is 5.32. The van der Waals surface area contributed by atoms with Gasteiger partial charge in [-0.05, 0) is 12.1 Å². The third-order valence-electron chi connectivity index (χ3n) is 2.63. The number of hydrogen-bond acceptors (Lipinski definition) is 5. The summed E-state index contributed by atoms with van der Waals surface area (Å²) < 4.78 is 1.30. The fourth-order valence-electron chi connectivity index (χ4n) is 1.77. The Kier molecular flexibility index (Phi) is 2.34. The standard InChI is InChI=1S/C11H7N5O3/c17-10-2-1-8-9(14-10)3-4-12-11(8)15-6-7(5-13-15)16(18)19/h1-6H,(H,14,17). The highest BCUT2D eigenvalue weighted by atomic mass is 16.6.